The van der Waals surface area contributed by atoms with Gasteiger partial charge < -0.3 is 19.7 Å². The molecule has 0 aromatic heterocycles. The minimum absolute atomic E-state index is 0.632. The van der Waals surface area contributed by atoms with Gasteiger partial charge in [-0.05, 0) is 37.7 Å². The molecule has 2 rings (SSSR count). The first-order valence-electron chi connectivity index (χ1n) is 9.47. The molecule has 0 radical (unpaired) electrons. The molecular formula is C20H33N3O2. The average molecular weight is 348 g/mol. The van der Waals surface area contributed by atoms with E-state index >= 15 is 0 Å². The summed E-state index contributed by atoms with van der Waals surface area (Å²) in [6.45, 7) is 7.77. The van der Waals surface area contributed by atoms with Crippen molar-refractivity contribution in [3.05, 3.63) is 35.9 Å². The van der Waals surface area contributed by atoms with E-state index in [1.165, 1.54) is 24.8 Å². The highest BCUT2D eigenvalue weighted by atomic mass is 16.5. The van der Waals surface area contributed by atoms with Crippen LogP contribution in [-0.4, -0.2) is 64.0 Å². The molecule has 0 amide bonds. The van der Waals surface area contributed by atoms with E-state index in [1.807, 2.05) is 0 Å². The number of likely N-dealkylation sites (tertiary alicyclic amines) is 1. The zero-order chi connectivity index (χ0) is 17.7. The van der Waals surface area contributed by atoms with Crippen LogP contribution in [0.4, 0.5) is 0 Å². The molecular weight excluding hydrogens is 314 g/mol. The summed E-state index contributed by atoms with van der Waals surface area (Å²) in [6.07, 6.45) is 3.64. The number of nitrogens with zero attached hydrogens (tertiary/aromatic N) is 2. The summed E-state index contributed by atoms with van der Waals surface area (Å²) in [4.78, 5) is 7.10. The molecule has 1 saturated heterocycles. The molecule has 1 heterocycles. The van der Waals surface area contributed by atoms with E-state index < -0.39 is 0 Å². The molecule has 1 aliphatic rings. The quantitative estimate of drug-likeness (QED) is 0.424. The molecule has 1 aromatic carbocycles. The van der Waals surface area contributed by atoms with Gasteiger partial charge in [0.1, 0.15) is 0 Å². The molecule has 0 bridgehead atoms. The Kier molecular flexibility index (Phi) is 9.37. The van der Waals surface area contributed by atoms with Crippen LogP contribution in [0.1, 0.15) is 25.3 Å². The third-order valence-electron chi connectivity index (χ3n) is 4.55. The van der Waals surface area contributed by atoms with Crippen molar-refractivity contribution in [3.8, 4) is 0 Å². The summed E-state index contributed by atoms with van der Waals surface area (Å²) in [7, 11) is 1.69. The van der Waals surface area contributed by atoms with E-state index in [0.717, 1.165) is 31.5 Å². The monoisotopic (exact) mass is 347 g/mol. The summed E-state index contributed by atoms with van der Waals surface area (Å²) in [5.74, 6) is 1.80. The fourth-order valence-corrected chi connectivity index (χ4v) is 3.18. The molecule has 0 saturated carbocycles. The summed E-state index contributed by atoms with van der Waals surface area (Å²) in [6, 6.07) is 10.8. The lowest BCUT2D eigenvalue weighted by Gasteiger charge is -2.34. The van der Waals surface area contributed by atoms with Gasteiger partial charge in [0.05, 0.1) is 26.4 Å². The standard InChI is InChI=1S/C20H33N3O2/c1-3-21-20(22-11-14-25-16-15-24-2)23-12-9-19(10-13-23)17-18-7-5-4-6-8-18/h4-8,19H,3,9-17H2,1-2H3,(H,21,22). The minimum Gasteiger partial charge on any atom is -0.382 e. The summed E-state index contributed by atoms with van der Waals surface area (Å²) in [5.41, 5.74) is 1.45. The first kappa shape index (κ1) is 19.7. The largest absolute Gasteiger partial charge is 0.382 e. The number of guanidine groups is 1. The Morgan fingerprint density at radius 2 is 1.92 bits per heavy atom. The number of hydrogen-bond donors (Lipinski definition) is 1. The zero-order valence-electron chi connectivity index (χ0n) is 15.7. The second-order valence-corrected chi connectivity index (χ2v) is 6.46. The Labute approximate surface area is 152 Å². The van der Waals surface area contributed by atoms with Crippen molar-refractivity contribution in [1.82, 2.24) is 10.2 Å². The van der Waals surface area contributed by atoms with Crippen molar-refractivity contribution in [2.45, 2.75) is 26.2 Å². The van der Waals surface area contributed by atoms with Crippen LogP contribution >= 0.6 is 0 Å². The van der Waals surface area contributed by atoms with Gasteiger partial charge in [0, 0.05) is 26.7 Å². The lowest BCUT2D eigenvalue weighted by molar-refractivity contribution is 0.0747. The Bertz CT molecular complexity index is 485. The van der Waals surface area contributed by atoms with Crippen LogP contribution in [0, 0.1) is 5.92 Å². The molecule has 140 valence electrons. The van der Waals surface area contributed by atoms with Crippen LogP contribution < -0.4 is 5.32 Å². The lowest BCUT2D eigenvalue weighted by Crippen LogP contribution is -2.46. The Morgan fingerprint density at radius 1 is 1.16 bits per heavy atom. The number of rotatable bonds is 9. The highest BCUT2D eigenvalue weighted by Crippen LogP contribution is 2.21. The van der Waals surface area contributed by atoms with Crippen LogP contribution in [0.15, 0.2) is 35.3 Å². The first-order valence-corrected chi connectivity index (χ1v) is 9.47. The Morgan fingerprint density at radius 3 is 2.60 bits per heavy atom. The van der Waals surface area contributed by atoms with E-state index in [9.17, 15) is 0 Å². The van der Waals surface area contributed by atoms with Gasteiger partial charge in [-0.2, -0.15) is 0 Å². The van der Waals surface area contributed by atoms with Gasteiger partial charge in [0.15, 0.2) is 5.96 Å². The molecule has 0 aliphatic carbocycles. The maximum Gasteiger partial charge on any atom is 0.193 e. The highest BCUT2D eigenvalue weighted by Gasteiger charge is 2.21. The number of benzene rings is 1. The van der Waals surface area contributed by atoms with Gasteiger partial charge >= 0.3 is 0 Å². The fraction of sp³-hybridized carbons (Fsp3) is 0.650. The Hall–Kier alpha value is -1.59. The van der Waals surface area contributed by atoms with E-state index in [1.54, 1.807) is 7.11 Å². The van der Waals surface area contributed by atoms with Gasteiger partial charge in [-0.3, -0.25) is 4.99 Å². The number of hydrogen-bond acceptors (Lipinski definition) is 3. The highest BCUT2D eigenvalue weighted by molar-refractivity contribution is 5.80. The normalized spacial score (nSPS) is 16.2. The van der Waals surface area contributed by atoms with E-state index in [0.29, 0.717) is 26.4 Å². The second kappa shape index (κ2) is 11.9. The molecule has 1 aromatic rings. The number of aliphatic imine (C=N–C) groups is 1. The van der Waals surface area contributed by atoms with Crippen LogP contribution in [0.5, 0.6) is 0 Å². The Balaban J connectivity index is 1.75. The molecule has 5 nitrogen and oxygen atoms in total. The maximum absolute atomic E-state index is 5.49. The number of methoxy groups -OCH3 is 1. The van der Waals surface area contributed by atoms with Crippen LogP contribution in [0.3, 0.4) is 0 Å². The molecule has 0 spiro atoms. The van der Waals surface area contributed by atoms with Gasteiger partial charge in [0.2, 0.25) is 0 Å². The van der Waals surface area contributed by atoms with Crippen molar-refractivity contribution < 1.29 is 9.47 Å². The smallest absolute Gasteiger partial charge is 0.193 e. The molecule has 0 atom stereocenters. The zero-order valence-corrected chi connectivity index (χ0v) is 15.7. The van der Waals surface area contributed by atoms with Gasteiger partial charge in [-0.1, -0.05) is 30.3 Å². The summed E-state index contributed by atoms with van der Waals surface area (Å²) >= 11 is 0. The predicted molar refractivity (Wildman–Crippen MR) is 103 cm³/mol. The molecule has 0 unspecified atom stereocenters. The van der Waals surface area contributed by atoms with Crippen molar-refractivity contribution in [2.24, 2.45) is 10.9 Å². The van der Waals surface area contributed by atoms with Gasteiger partial charge in [-0.25, -0.2) is 0 Å². The average Bonchev–Trinajstić information content (AvgIpc) is 2.65. The molecule has 1 aliphatic heterocycles. The maximum atomic E-state index is 5.49. The number of piperidine rings is 1. The molecule has 1 fully saturated rings. The van der Waals surface area contributed by atoms with Gasteiger partial charge in [-0.15, -0.1) is 0 Å². The van der Waals surface area contributed by atoms with E-state index in [-0.39, 0.29) is 0 Å². The summed E-state index contributed by atoms with van der Waals surface area (Å²) in [5, 5.41) is 3.41. The van der Waals surface area contributed by atoms with Gasteiger partial charge in [0.25, 0.3) is 0 Å². The topological polar surface area (TPSA) is 46.1 Å². The SMILES string of the molecule is CCNC(=NCCOCCOC)N1CCC(Cc2ccccc2)CC1. The third-order valence-corrected chi connectivity index (χ3v) is 4.55. The van der Waals surface area contributed by atoms with Crippen LogP contribution in [-0.2, 0) is 15.9 Å². The molecule has 25 heavy (non-hydrogen) atoms. The van der Waals surface area contributed by atoms with Crippen molar-refractivity contribution in [3.63, 3.8) is 0 Å². The molecule has 1 N–H and O–H groups in total. The van der Waals surface area contributed by atoms with Crippen LogP contribution in [0.2, 0.25) is 0 Å². The van der Waals surface area contributed by atoms with E-state index in [4.69, 9.17) is 14.5 Å². The lowest BCUT2D eigenvalue weighted by atomic mass is 9.90. The van der Waals surface area contributed by atoms with Crippen LogP contribution in [0.25, 0.3) is 0 Å². The number of nitrogens with one attached hydrogen (secondary N) is 1. The predicted octanol–water partition coefficient (Wildman–Crippen LogP) is 2.57. The third kappa shape index (κ3) is 7.45. The van der Waals surface area contributed by atoms with E-state index in [2.05, 4.69) is 47.5 Å². The minimum atomic E-state index is 0.632. The molecule has 5 heteroatoms. The summed E-state index contributed by atoms with van der Waals surface area (Å²) < 4.78 is 10.5. The van der Waals surface area contributed by atoms with Crippen molar-refractivity contribution in [1.29, 1.82) is 0 Å². The first-order chi connectivity index (χ1) is 12.3. The second-order valence-electron chi connectivity index (χ2n) is 6.46. The van der Waals surface area contributed by atoms with Crippen molar-refractivity contribution in [2.75, 3.05) is 53.1 Å². The van der Waals surface area contributed by atoms with Crippen molar-refractivity contribution >= 4 is 5.96 Å². The fourth-order valence-electron chi connectivity index (χ4n) is 3.18. The number of ether oxygens (including phenoxy) is 2.